The van der Waals surface area contributed by atoms with Crippen LogP contribution < -0.4 is 0 Å². The first kappa shape index (κ1) is 14.5. The van der Waals surface area contributed by atoms with Gasteiger partial charge in [0.25, 0.3) is 5.91 Å². The second kappa shape index (κ2) is 5.84. The Kier molecular flexibility index (Phi) is 3.68. The third kappa shape index (κ3) is 2.90. The van der Waals surface area contributed by atoms with Crippen molar-refractivity contribution >= 4 is 5.91 Å². The summed E-state index contributed by atoms with van der Waals surface area (Å²) in [6.07, 6.45) is 4.32. The van der Waals surface area contributed by atoms with Crippen LogP contribution >= 0.6 is 0 Å². The lowest BCUT2D eigenvalue weighted by Crippen LogP contribution is -2.44. The largest absolute Gasteiger partial charge is 0.360 e. The first-order valence-electron chi connectivity index (χ1n) is 8.55. The fraction of sp³-hybridized carbons (Fsp3) is 0.474. The summed E-state index contributed by atoms with van der Waals surface area (Å²) in [7, 11) is 0. The molecule has 2 fully saturated rings. The molecule has 1 saturated heterocycles. The molecule has 1 amide bonds. The van der Waals surface area contributed by atoms with Gasteiger partial charge in [0.05, 0.1) is 0 Å². The van der Waals surface area contributed by atoms with Gasteiger partial charge in [0.1, 0.15) is 5.76 Å². The fourth-order valence-corrected chi connectivity index (χ4v) is 3.60. The molecule has 1 aliphatic heterocycles. The number of carbonyl (C=O) groups is 1. The van der Waals surface area contributed by atoms with Gasteiger partial charge in [-0.3, -0.25) is 4.79 Å². The van der Waals surface area contributed by atoms with E-state index in [-0.39, 0.29) is 11.9 Å². The van der Waals surface area contributed by atoms with Crippen LogP contribution in [0.4, 0.5) is 0 Å². The zero-order chi connectivity index (χ0) is 15.8. The molecule has 0 spiro atoms. The van der Waals surface area contributed by atoms with E-state index in [1.165, 1.54) is 5.56 Å². The zero-order valence-corrected chi connectivity index (χ0v) is 13.4. The third-order valence-corrected chi connectivity index (χ3v) is 5.14. The number of nitrogens with zero attached hydrogens (tertiary/aromatic N) is 2. The minimum atomic E-state index is 0.0136. The Morgan fingerprint density at radius 2 is 1.96 bits per heavy atom. The molecule has 0 N–H and O–H groups in total. The van der Waals surface area contributed by atoms with Gasteiger partial charge in [-0.2, -0.15) is 0 Å². The second-order valence-electron chi connectivity index (χ2n) is 6.87. The Morgan fingerprint density at radius 1 is 1.17 bits per heavy atom. The number of piperidine rings is 1. The number of amides is 1. The Labute approximate surface area is 136 Å². The number of carbonyl (C=O) groups excluding carboxylic acids is 1. The van der Waals surface area contributed by atoms with Crippen LogP contribution in [0.3, 0.4) is 0 Å². The lowest BCUT2D eigenvalue weighted by atomic mass is 9.86. The maximum absolute atomic E-state index is 12.7. The Morgan fingerprint density at radius 3 is 2.65 bits per heavy atom. The highest BCUT2D eigenvalue weighted by atomic mass is 16.5. The zero-order valence-electron chi connectivity index (χ0n) is 13.4. The van der Waals surface area contributed by atoms with Gasteiger partial charge in [-0.25, -0.2) is 0 Å². The summed E-state index contributed by atoms with van der Waals surface area (Å²) in [6, 6.07) is 12.7. The highest BCUT2D eigenvalue weighted by Gasteiger charge is 2.33. The number of benzene rings is 1. The molecule has 1 aromatic carbocycles. The van der Waals surface area contributed by atoms with Crippen molar-refractivity contribution in [2.75, 3.05) is 6.54 Å². The van der Waals surface area contributed by atoms with Crippen LogP contribution in [0.15, 0.2) is 40.9 Å². The van der Waals surface area contributed by atoms with Crippen molar-refractivity contribution in [3.63, 3.8) is 0 Å². The number of aromatic nitrogens is 1. The van der Waals surface area contributed by atoms with Gasteiger partial charge in [0.2, 0.25) is 0 Å². The van der Waals surface area contributed by atoms with Crippen LogP contribution in [0.1, 0.15) is 66.3 Å². The molecule has 1 aromatic heterocycles. The van der Waals surface area contributed by atoms with Gasteiger partial charge in [-0.05, 0) is 44.1 Å². The van der Waals surface area contributed by atoms with Crippen LogP contribution in [-0.2, 0) is 0 Å². The summed E-state index contributed by atoms with van der Waals surface area (Å²) in [4.78, 5) is 14.7. The Bertz CT molecular complexity index is 690. The van der Waals surface area contributed by atoms with Gasteiger partial charge < -0.3 is 9.42 Å². The maximum atomic E-state index is 12.7. The topological polar surface area (TPSA) is 46.3 Å². The molecule has 4 nitrogen and oxygen atoms in total. The molecule has 4 heteroatoms. The molecule has 1 saturated carbocycles. The van der Waals surface area contributed by atoms with Crippen molar-refractivity contribution in [3.8, 4) is 0 Å². The molecule has 23 heavy (non-hydrogen) atoms. The monoisotopic (exact) mass is 310 g/mol. The van der Waals surface area contributed by atoms with E-state index in [1.807, 2.05) is 17.0 Å². The van der Waals surface area contributed by atoms with E-state index in [9.17, 15) is 4.79 Å². The van der Waals surface area contributed by atoms with Crippen molar-refractivity contribution < 1.29 is 9.32 Å². The van der Waals surface area contributed by atoms with Crippen molar-refractivity contribution in [1.82, 2.24) is 10.1 Å². The van der Waals surface area contributed by atoms with Gasteiger partial charge >= 0.3 is 0 Å². The summed E-state index contributed by atoms with van der Waals surface area (Å²) in [5.41, 5.74) is 1.85. The first-order chi connectivity index (χ1) is 11.2. The highest BCUT2D eigenvalue weighted by Crippen LogP contribution is 2.40. The number of hydrogen-bond donors (Lipinski definition) is 0. The molecule has 1 aliphatic carbocycles. The van der Waals surface area contributed by atoms with E-state index >= 15 is 0 Å². The maximum Gasteiger partial charge on any atom is 0.276 e. The molecule has 2 heterocycles. The molecule has 2 aliphatic rings. The van der Waals surface area contributed by atoms with Gasteiger partial charge in [0, 0.05) is 24.6 Å². The molecule has 0 radical (unpaired) electrons. The fourth-order valence-electron chi connectivity index (χ4n) is 3.60. The lowest BCUT2D eigenvalue weighted by molar-refractivity contribution is 0.0605. The number of hydrogen-bond acceptors (Lipinski definition) is 3. The third-order valence-electron chi connectivity index (χ3n) is 5.14. The predicted molar refractivity (Wildman–Crippen MR) is 87.4 cm³/mol. The summed E-state index contributed by atoms with van der Waals surface area (Å²) in [5, 5.41) is 4.00. The average molecular weight is 310 g/mol. The predicted octanol–water partition coefficient (Wildman–Crippen LogP) is 3.96. The normalized spacial score (nSPS) is 24.7. The van der Waals surface area contributed by atoms with Gasteiger partial charge in [0.15, 0.2) is 5.69 Å². The van der Waals surface area contributed by atoms with E-state index in [0.29, 0.717) is 17.5 Å². The Hall–Kier alpha value is -2.10. The summed E-state index contributed by atoms with van der Waals surface area (Å²) < 4.78 is 5.33. The van der Waals surface area contributed by atoms with Crippen LogP contribution in [0.25, 0.3) is 0 Å². The van der Waals surface area contributed by atoms with Crippen molar-refractivity contribution in [1.29, 1.82) is 0 Å². The van der Waals surface area contributed by atoms with Crippen molar-refractivity contribution in [2.24, 2.45) is 0 Å². The van der Waals surface area contributed by atoms with E-state index in [1.54, 1.807) is 0 Å². The quantitative estimate of drug-likeness (QED) is 0.862. The average Bonchev–Trinajstić information content (AvgIpc) is 3.32. The van der Waals surface area contributed by atoms with Crippen molar-refractivity contribution in [3.05, 3.63) is 53.4 Å². The number of rotatable bonds is 3. The summed E-state index contributed by atoms with van der Waals surface area (Å²) >= 11 is 0. The molecular formula is C19H22N2O2. The first-order valence-corrected chi connectivity index (χ1v) is 8.55. The summed E-state index contributed by atoms with van der Waals surface area (Å²) in [6.45, 7) is 2.92. The summed E-state index contributed by atoms with van der Waals surface area (Å²) in [5.74, 6) is 1.92. The van der Waals surface area contributed by atoms with E-state index in [2.05, 4.69) is 36.3 Å². The molecule has 2 aromatic rings. The number of likely N-dealkylation sites (tertiary alicyclic amines) is 1. The molecule has 2 atom stereocenters. The molecular weight excluding hydrogens is 288 g/mol. The molecule has 0 bridgehead atoms. The van der Waals surface area contributed by atoms with E-state index < -0.39 is 0 Å². The highest BCUT2D eigenvalue weighted by molar-refractivity contribution is 5.92. The molecule has 2 unspecified atom stereocenters. The Balaban J connectivity index is 1.44. The van der Waals surface area contributed by atoms with Gasteiger partial charge in [-0.1, -0.05) is 35.5 Å². The minimum absolute atomic E-state index is 0.0136. The van der Waals surface area contributed by atoms with Gasteiger partial charge in [-0.15, -0.1) is 0 Å². The standard InChI is InChI=1S/C19H22N2O2/c1-13-11-16(14-5-3-2-4-6-14)9-10-21(13)19(22)17-12-18(23-20-17)15-7-8-15/h2-6,12-13,15-16H,7-11H2,1H3. The SMILES string of the molecule is CC1CC(c2ccccc2)CCN1C(=O)c1cc(C2CC2)on1. The molecule has 4 rings (SSSR count). The van der Waals surface area contributed by atoms with Crippen LogP contribution in [-0.4, -0.2) is 28.6 Å². The van der Waals surface area contributed by atoms with E-state index in [4.69, 9.17) is 4.52 Å². The lowest BCUT2D eigenvalue weighted by Gasteiger charge is -2.37. The van der Waals surface area contributed by atoms with Crippen LogP contribution in [0.2, 0.25) is 0 Å². The smallest absolute Gasteiger partial charge is 0.276 e. The van der Waals surface area contributed by atoms with E-state index in [0.717, 1.165) is 38.0 Å². The minimum Gasteiger partial charge on any atom is -0.360 e. The van der Waals surface area contributed by atoms with Crippen LogP contribution in [0.5, 0.6) is 0 Å². The second-order valence-corrected chi connectivity index (χ2v) is 6.87. The molecule has 120 valence electrons. The van der Waals surface area contributed by atoms with Crippen molar-refractivity contribution in [2.45, 2.75) is 50.5 Å². The van der Waals surface area contributed by atoms with Crippen LogP contribution in [0, 0.1) is 0 Å².